The molecule has 1 amide bonds. The number of methoxy groups -OCH3 is 1. The number of nitrogens with one attached hydrogen (secondary N) is 2. The van der Waals surface area contributed by atoms with E-state index in [1.807, 2.05) is 29.6 Å². The number of hydrogen-bond acceptors (Lipinski definition) is 7. The number of nitrogens with zero attached hydrogens (tertiary/aromatic N) is 1. The molecule has 0 spiro atoms. The van der Waals surface area contributed by atoms with Crippen molar-refractivity contribution >= 4 is 37.9 Å². The average molecular weight is 446 g/mol. The van der Waals surface area contributed by atoms with E-state index < -0.39 is 9.84 Å². The van der Waals surface area contributed by atoms with Gasteiger partial charge in [-0.25, -0.2) is 13.4 Å². The Morgan fingerprint density at radius 2 is 1.87 bits per heavy atom. The predicted molar refractivity (Wildman–Crippen MR) is 118 cm³/mol. The number of carbonyl (C=O) groups excluding carboxylic acids is 1. The molecular formula is C21H23N3O4S2. The van der Waals surface area contributed by atoms with Crippen molar-refractivity contribution in [2.24, 2.45) is 0 Å². The van der Waals surface area contributed by atoms with Crippen LogP contribution in [0, 0.1) is 0 Å². The monoisotopic (exact) mass is 445 g/mol. The molecule has 1 aromatic heterocycles. The Bertz CT molecular complexity index is 1110. The number of benzene rings is 2. The van der Waals surface area contributed by atoms with Crippen molar-refractivity contribution in [1.29, 1.82) is 0 Å². The zero-order valence-electron chi connectivity index (χ0n) is 16.7. The van der Waals surface area contributed by atoms with Gasteiger partial charge < -0.3 is 15.4 Å². The van der Waals surface area contributed by atoms with Crippen LogP contribution in [0.5, 0.6) is 5.75 Å². The molecule has 9 heteroatoms. The van der Waals surface area contributed by atoms with Gasteiger partial charge in [0.15, 0.2) is 15.0 Å². The molecule has 2 aromatic carbocycles. The maximum atomic E-state index is 12.2. The van der Waals surface area contributed by atoms with Crippen LogP contribution in [-0.4, -0.2) is 39.2 Å². The third-order valence-corrected chi connectivity index (χ3v) is 6.27. The first-order valence-corrected chi connectivity index (χ1v) is 12.0. The number of ether oxygens (including phenoxy) is 1. The molecule has 1 heterocycles. The summed E-state index contributed by atoms with van der Waals surface area (Å²) >= 11 is 1.38. The Morgan fingerprint density at radius 3 is 2.57 bits per heavy atom. The first-order valence-electron chi connectivity index (χ1n) is 9.25. The highest BCUT2D eigenvalue weighted by Gasteiger charge is 2.10. The Hall–Kier alpha value is -2.91. The molecule has 30 heavy (non-hydrogen) atoms. The van der Waals surface area contributed by atoms with E-state index in [0.717, 1.165) is 17.0 Å². The summed E-state index contributed by atoms with van der Waals surface area (Å²) in [4.78, 5) is 16.9. The van der Waals surface area contributed by atoms with E-state index in [1.165, 1.54) is 17.6 Å². The fourth-order valence-electron chi connectivity index (χ4n) is 2.83. The molecule has 0 saturated heterocycles. The van der Waals surface area contributed by atoms with E-state index in [4.69, 9.17) is 4.74 Å². The molecule has 2 N–H and O–H groups in total. The van der Waals surface area contributed by atoms with E-state index >= 15 is 0 Å². The van der Waals surface area contributed by atoms with Crippen LogP contribution >= 0.6 is 11.3 Å². The Kier molecular flexibility index (Phi) is 7.07. The number of sulfone groups is 1. The summed E-state index contributed by atoms with van der Waals surface area (Å²) in [5.41, 5.74) is 2.44. The van der Waals surface area contributed by atoms with Crippen LogP contribution < -0.4 is 15.4 Å². The molecule has 0 aliphatic rings. The minimum atomic E-state index is -3.22. The molecule has 3 rings (SSSR count). The maximum Gasteiger partial charge on any atom is 0.226 e. The fraction of sp³-hybridized carbons (Fsp3) is 0.238. The summed E-state index contributed by atoms with van der Waals surface area (Å²) in [7, 11) is -1.59. The highest BCUT2D eigenvalue weighted by Crippen LogP contribution is 2.22. The summed E-state index contributed by atoms with van der Waals surface area (Å²) in [5.74, 6) is 0.714. The lowest BCUT2D eigenvalue weighted by Gasteiger charge is -2.08. The first-order chi connectivity index (χ1) is 14.3. The van der Waals surface area contributed by atoms with E-state index in [9.17, 15) is 13.2 Å². The van der Waals surface area contributed by atoms with Gasteiger partial charge in [0.2, 0.25) is 5.91 Å². The van der Waals surface area contributed by atoms with Gasteiger partial charge in [-0.05, 0) is 42.3 Å². The zero-order chi connectivity index (χ0) is 21.6. The van der Waals surface area contributed by atoms with Gasteiger partial charge >= 0.3 is 0 Å². The highest BCUT2D eigenvalue weighted by atomic mass is 32.2. The molecular weight excluding hydrogens is 422 g/mol. The summed E-state index contributed by atoms with van der Waals surface area (Å²) in [6.07, 6.45) is 2.05. The maximum absolute atomic E-state index is 12.2. The number of rotatable bonds is 9. The van der Waals surface area contributed by atoms with Gasteiger partial charge in [0.05, 0.1) is 24.1 Å². The smallest absolute Gasteiger partial charge is 0.226 e. The van der Waals surface area contributed by atoms with Gasteiger partial charge in [0.25, 0.3) is 0 Å². The highest BCUT2D eigenvalue weighted by molar-refractivity contribution is 7.90. The second-order valence-electron chi connectivity index (χ2n) is 6.65. The molecule has 3 aromatic rings. The van der Waals surface area contributed by atoms with E-state index in [2.05, 4.69) is 15.6 Å². The summed E-state index contributed by atoms with van der Waals surface area (Å²) in [5, 5.41) is 8.49. The lowest BCUT2D eigenvalue weighted by atomic mass is 10.1. The second kappa shape index (κ2) is 9.73. The van der Waals surface area contributed by atoms with Crippen LogP contribution in [0.1, 0.15) is 11.3 Å². The lowest BCUT2D eigenvalue weighted by Crippen LogP contribution is -2.27. The standard InChI is InChI=1S/C21H23N3O4S2/c1-28-19-6-4-3-5-15(19)11-12-22-20(25)13-17-14-29-21(24-17)23-16-7-9-18(10-8-16)30(2,26)27/h3-10,14H,11-13H2,1-2H3,(H,22,25)(H,23,24). The number of carbonyl (C=O) groups is 1. The van der Waals surface area contributed by atoms with Crippen LogP contribution in [0.2, 0.25) is 0 Å². The van der Waals surface area contributed by atoms with E-state index in [-0.39, 0.29) is 17.2 Å². The minimum Gasteiger partial charge on any atom is -0.496 e. The SMILES string of the molecule is COc1ccccc1CCNC(=O)Cc1csc(Nc2ccc(S(C)(=O)=O)cc2)n1. The normalized spacial score (nSPS) is 11.1. The molecule has 7 nitrogen and oxygen atoms in total. The molecule has 0 atom stereocenters. The van der Waals surface area contributed by atoms with Crippen molar-refractivity contribution in [1.82, 2.24) is 10.3 Å². The van der Waals surface area contributed by atoms with Gasteiger partial charge in [-0.15, -0.1) is 11.3 Å². The van der Waals surface area contributed by atoms with Crippen LogP contribution in [0.3, 0.4) is 0 Å². The van der Waals surface area contributed by atoms with Crippen LogP contribution in [0.25, 0.3) is 0 Å². The quantitative estimate of drug-likeness (QED) is 0.525. The molecule has 0 aliphatic carbocycles. The van der Waals surface area contributed by atoms with Gasteiger partial charge in [-0.1, -0.05) is 18.2 Å². The van der Waals surface area contributed by atoms with Gasteiger partial charge in [0, 0.05) is 23.9 Å². The van der Waals surface area contributed by atoms with Crippen molar-refractivity contribution in [2.75, 3.05) is 25.2 Å². The largest absolute Gasteiger partial charge is 0.496 e. The zero-order valence-corrected chi connectivity index (χ0v) is 18.3. The number of hydrogen-bond donors (Lipinski definition) is 2. The molecule has 0 saturated carbocycles. The van der Waals surface area contributed by atoms with Crippen molar-refractivity contribution < 1.29 is 17.9 Å². The number of thiazole rings is 1. The molecule has 0 bridgehead atoms. The van der Waals surface area contributed by atoms with Gasteiger partial charge in [-0.3, -0.25) is 4.79 Å². The third kappa shape index (κ3) is 6.04. The number of anilines is 2. The van der Waals surface area contributed by atoms with Crippen molar-refractivity contribution in [3.63, 3.8) is 0 Å². The lowest BCUT2D eigenvalue weighted by molar-refractivity contribution is -0.120. The van der Waals surface area contributed by atoms with E-state index in [1.54, 1.807) is 31.4 Å². The Morgan fingerprint density at radius 1 is 1.13 bits per heavy atom. The first kappa shape index (κ1) is 21.8. The van der Waals surface area contributed by atoms with E-state index in [0.29, 0.717) is 23.8 Å². The Labute approximate surface area is 180 Å². The van der Waals surface area contributed by atoms with Crippen LogP contribution in [0.15, 0.2) is 58.8 Å². The topological polar surface area (TPSA) is 97.4 Å². The van der Waals surface area contributed by atoms with Crippen molar-refractivity contribution in [3.05, 3.63) is 65.2 Å². The minimum absolute atomic E-state index is 0.0979. The number of amides is 1. The second-order valence-corrected chi connectivity index (χ2v) is 9.53. The fourth-order valence-corrected chi connectivity index (χ4v) is 4.19. The molecule has 0 radical (unpaired) electrons. The summed E-state index contributed by atoms with van der Waals surface area (Å²) in [6.45, 7) is 0.515. The van der Waals surface area contributed by atoms with Gasteiger partial charge in [-0.2, -0.15) is 0 Å². The van der Waals surface area contributed by atoms with Crippen LogP contribution in [-0.2, 0) is 27.5 Å². The summed E-state index contributed by atoms with van der Waals surface area (Å²) in [6, 6.07) is 14.2. The predicted octanol–water partition coefficient (Wildman–Crippen LogP) is 3.20. The number of para-hydroxylation sites is 1. The Balaban J connectivity index is 1.49. The molecule has 158 valence electrons. The molecule has 0 aliphatic heterocycles. The van der Waals surface area contributed by atoms with Crippen LogP contribution in [0.4, 0.5) is 10.8 Å². The molecule has 0 fully saturated rings. The van der Waals surface area contributed by atoms with Crippen molar-refractivity contribution in [3.8, 4) is 5.75 Å². The third-order valence-electron chi connectivity index (χ3n) is 4.34. The average Bonchev–Trinajstić information content (AvgIpc) is 3.14. The van der Waals surface area contributed by atoms with Crippen molar-refractivity contribution in [2.45, 2.75) is 17.7 Å². The molecule has 0 unspecified atom stereocenters. The van der Waals surface area contributed by atoms with Gasteiger partial charge in [0.1, 0.15) is 5.75 Å². The number of aromatic nitrogens is 1. The summed E-state index contributed by atoms with van der Waals surface area (Å²) < 4.78 is 28.4.